The van der Waals surface area contributed by atoms with E-state index in [4.69, 9.17) is 4.74 Å². The van der Waals surface area contributed by atoms with Crippen LogP contribution in [0.1, 0.15) is 12.8 Å². The number of hydrogen-bond donors (Lipinski definition) is 1. The standard InChI is InChI=1S/C19H26N4O5S2/c1-22-8-2-3-17(22)21-30(26,27)16-6-4-15(5-7-16)20-18(24)13-29-14-19(25)23-9-11-28-12-10-23/h4-7H,2-3,8-14H2,1H3,(H,20,24)/b21-17+. The molecule has 0 bridgehead atoms. The Labute approximate surface area is 180 Å². The van der Waals surface area contributed by atoms with Gasteiger partial charge in [-0.1, -0.05) is 0 Å². The number of anilines is 1. The first-order valence-corrected chi connectivity index (χ1v) is 12.3. The van der Waals surface area contributed by atoms with Crippen LogP contribution >= 0.6 is 11.8 Å². The Balaban J connectivity index is 1.47. The Morgan fingerprint density at radius 3 is 2.47 bits per heavy atom. The van der Waals surface area contributed by atoms with E-state index >= 15 is 0 Å². The van der Waals surface area contributed by atoms with E-state index in [1.54, 1.807) is 4.90 Å². The van der Waals surface area contributed by atoms with E-state index in [0.29, 0.717) is 44.2 Å². The molecule has 0 atom stereocenters. The van der Waals surface area contributed by atoms with Crippen LogP contribution in [-0.2, 0) is 24.3 Å². The average molecular weight is 455 g/mol. The van der Waals surface area contributed by atoms with E-state index in [2.05, 4.69) is 9.71 Å². The van der Waals surface area contributed by atoms with Crippen molar-refractivity contribution in [1.82, 2.24) is 9.80 Å². The molecule has 2 amide bonds. The zero-order chi connectivity index (χ0) is 21.6. The molecule has 3 rings (SSSR count). The van der Waals surface area contributed by atoms with Crippen molar-refractivity contribution in [3.05, 3.63) is 24.3 Å². The Hall–Kier alpha value is -2.11. The normalized spacial score (nSPS) is 18.6. The van der Waals surface area contributed by atoms with Gasteiger partial charge < -0.3 is 19.9 Å². The van der Waals surface area contributed by atoms with E-state index in [0.717, 1.165) is 13.0 Å². The molecule has 2 aliphatic heterocycles. The van der Waals surface area contributed by atoms with Gasteiger partial charge in [-0.15, -0.1) is 16.2 Å². The molecule has 1 aromatic rings. The van der Waals surface area contributed by atoms with Crippen LogP contribution < -0.4 is 5.32 Å². The highest BCUT2D eigenvalue weighted by molar-refractivity contribution is 8.00. The van der Waals surface area contributed by atoms with Gasteiger partial charge >= 0.3 is 0 Å². The van der Waals surface area contributed by atoms with Crippen molar-refractivity contribution >= 4 is 45.1 Å². The van der Waals surface area contributed by atoms with E-state index in [1.165, 1.54) is 36.0 Å². The molecule has 11 heteroatoms. The van der Waals surface area contributed by atoms with E-state index in [-0.39, 0.29) is 28.2 Å². The van der Waals surface area contributed by atoms with Gasteiger partial charge in [-0.3, -0.25) is 9.59 Å². The van der Waals surface area contributed by atoms with Crippen molar-refractivity contribution in [1.29, 1.82) is 0 Å². The van der Waals surface area contributed by atoms with Gasteiger partial charge in [-0.25, -0.2) is 0 Å². The maximum absolute atomic E-state index is 12.5. The fraction of sp³-hybridized carbons (Fsp3) is 0.526. The van der Waals surface area contributed by atoms with Crippen LogP contribution in [0.4, 0.5) is 5.69 Å². The molecule has 1 aromatic carbocycles. The van der Waals surface area contributed by atoms with Crippen LogP contribution in [0.15, 0.2) is 33.6 Å². The van der Waals surface area contributed by atoms with Crippen molar-refractivity contribution in [3.63, 3.8) is 0 Å². The summed E-state index contributed by atoms with van der Waals surface area (Å²) >= 11 is 1.25. The van der Waals surface area contributed by atoms with Crippen LogP contribution in [-0.4, -0.2) is 87.3 Å². The van der Waals surface area contributed by atoms with Gasteiger partial charge in [-0.05, 0) is 30.7 Å². The Morgan fingerprint density at radius 2 is 1.83 bits per heavy atom. The third kappa shape index (κ3) is 6.19. The Bertz CT molecular complexity index is 896. The number of carbonyl (C=O) groups is 2. The van der Waals surface area contributed by atoms with Crippen LogP contribution in [0.25, 0.3) is 0 Å². The second-order valence-corrected chi connectivity index (χ2v) is 9.66. The summed E-state index contributed by atoms with van der Waals surface area (Å²) in [7, 11) is -1.95. The Morgan fingerprint density at radius 1 is 1.13 bits per heavy atom. The number of carbonyl (C=O) groups excluding carboxylic acids is 2. The first-order valence-electron chi connectivity index (χ1n) is 9.73. The summed E-state index contributed by atoms with van der Waals surface area (Å²) in [6.07, 6.45) is 1.54. The number of nitrogens with zero attached hydrogens (tertiary/aromatic N) is 3. The minimum atomic E-state index is -3.78. The molecule has 2 aliphatic rings. The second kappa shape index (κ2) is 10.3. The smallest absolute Gasteiger partial charge is 0.283 e. The number of thioether (sulfide) groups is 1. The fourth-order valence-electron chi connectivity index (χ4n) is 3.14. The predicted molar refractivity (Wildman–Crippen MR) is 116 cm³/mol. The van der Waals surface area contributed by atoms with Crippen molar-refractivity contribution in [2.75, 3.05) is 56.7 Å². The highest BCUT2D eigenvalue weighted by atomic mass is 32.2. The van der Waals surface area contributed by atoms with Crippen molar-refractivity contribution < 1.29 is 22.7 Å². The summed E-state index contributed by atoms with van der Waals surface area (Å²) in [5.41, 5.74) is 0.490. The summed E-state index contributed by atoms with van der Waals surface area (Å²) in [6, 6.07) is 5.93. The summed E-state index contributed by atoms with van der Waals surface area (Å²) in [6.45, 7) is 3.07. The monoisotopic (exact) mass is 454 g/mol. The van der Waals surface area contributed by atoms with E-state index in [1.807, 2.05) is 11.9 Å². The summed E-state index contributed by atoms with van der Waals surface area (Å²) < 4.78 is 34.0. The molecule has 0 unspecified atom stereocenters. The van der Waals surface area contributed by atoms with Gasteiger partial charge in [0.1, 0.15) is 5.84 Å². The van der Waals surface area contributed by atoms with Crippen molar-refractivity contribution in [3.8, 4) is 0 Å². The lowest BCUT2D eigenvalue weighted by Crippen LogP contribution is -2.41. The molecule has 0 saturated carbocycles. The van der Waals surface area contributed by atoms with Crippen LogP contribution in [0, 0.1) is 0 Å². The summed E-state index contributed by atoms with van der Waals surface area (Å²) in [4.78, 5) is 27.8. The number of ether oxygens (including phenoxy) is 1. The first kappa shape index (κ1) is 22.6. The van der Waals surface area contributed by atoms with Crippen molar-refractivity contribution in [2.24, 2.45) is 4.40 Å². The number of amidine groups is 1. The quantitative estimate of drug-likeness (QED) is 0.655. The van der Waals surface area contributed by atoms with Gasteiger partial charge in [0.05, 0.1) is 29.6 Å². The minimum absolute atomic E-state index is 0.000173. The minimum Gasteiger partial charge on any atom is -0.378 e. The van der Waals surface area contributed by atoms with E-state index < -0.39 is 10.0 Å². The SMILES string of the molecule is CN1CCC/C1=N\S(=O)(=O)c1ccc(NC(=O)CSCC(=O)N2CCOCC2)cc1. The topological polar surface area (TPSA) is 108 Å². The van der Waals surface area contributed by atoms with Gasteiger partial charge in [0.25, 0.3) is 10.0 Å². The summed E-state index contributed by atoms with van der Waals surface area (Å²) in [5.74, 6) is 0.685. The maximum Gasteiger partial charge on any atom is 0.283 e. The molecule has 2 fully saturated rings. The second-order valence-electron chi connectivity index (χ2n) is 7.07. The zero-order valence-electron chi connectivity index (χ0n) is 16.9. The number of amides is 2. The van der Waals surface area contributed by atoms with Gasteiger partial charge in [0, 0.05) is 38.8 Å². The lowest BCUT2D eigenvalue weighted by atomic mass is 10.3. The van der Waals surface area contributed by atoms with Crippen LogP contribution in [0.2, 0.25) is 0 Å². The molecule has 0 radical (unpaired) electrons. The zero-order valence-corrected chi connectivity index (χ0v) is 18.5. The van der Waals surface area contributed by atoms with Gasteiger partial charge in [0.15, 0.2) is 0 Å². The highest BCUT2D eigenvalue weighted by Gasteiger charge is 2.20. The molecule has 9 nitrogen and oxygen atoms in total. The highest BCUT2D eigenvalue weighted by Crippen LogP contribution is 2.19. The fourth-order valence-corrected chi connectivity index (χ4v) is 4.95. The maximum atomic E-state index is 12.5. The van der Waals surface area contributed by atoms with Gasteiger partial charge in [0.2, 0.25) is 11.8 Å². The largest absolute Gasteiger partial charge is 0.378 e. The third-order valence-corrected chi connectivity index (χ3v) is 7.05. The average Bonchev–Trinajstić information content (AvgIpc) is 3.12. The van der Waals surface area contributed by atoms with Crippen LogP contribution in [0.5, 0.6) is 0 Å². The molecule has 1 N–H and O–H groups in total. The lowest BCUT2D eigenvalue weighted by Gasteiger charge is -2.26. The predicted octanol–water partition coefficient (Wildman–Crippen LogP) is 1.03. The first-order chi connectivity index (χ1) is 14.3. The number of sulfonamides is 1. The number of hydrogen-bond acceptors (Lipinski definition) is 6. The Kier molecular flexibility index (Phi) is 7.73. The van der Waals surface area contributed by atoms with E-state index in [9.17, 15) is 18.0 Å². The summed E-state index contributed by atoms with van der Waals surface area (Å²) in [5, 5.41) is 2.71. The number of morpholine rings is 1. The molecule has 0 aliphatic carbocycles. The molecule has 30 heavy (non-hydrogen) atoms. The lowest BCUT2D eigenvalue weighted by molar-refractivity contribution is -0.132. The number of likely N-dealkylation sites (tertiary alicyclic amines) is 1. The molecule has 0 spiro atoms. The molecular formula is C19H26N4O5S2. The third-order valence-electron chi connectivity index (χ3n) is 4.82. The van der Waals surface area contributed by atoms with Crippen molar-refractivity contribution in [2.45, 2.75) is 17.7 Å². The molecule has 2 heterocycles. The number of rotatable bonds is 7. The number of benzene rings is 1. The number of nitrogens with one attached hydrogen (secondary N) is 1. The van der Waals surface area contributed by atoms with Crippen LogP contribution in [0.3, 0.4) is 0 Å². The van der Waals surface area contributed by atoms with Gasteiger partial charge in [-0.2, -0.15) is 8.42 Å². The molecular weight excluding hydrogens is 428 g/mol. The molecule has 0 aromatic heterocycles. The molecule has 164 valence electrons. The molecule has 2 saturated heterocycles.